The molecule has 0 aromatic carbocycles. The van der Waals surface area contributed by atoms with Crippen molar-refractivity contribution in [1.29, 1.82) is 0 Å². The number of hydrogen-bond donors (Lipinski definition) is 2. The molecule has 6 saturated heterocycles. The van der Waals surface area contributed by atoms with E-state index < -0.39 is 41.3 Å². The zero-order valence-electron chi connectivity index (χ0n) is 32.8. The van der Waals surface area contributed by atoms with Crippen LogP contribution in [0.2, 0.25) is 0 Å². The van der Waals surface area contributed by atoms with Crippen molar-refractivity contribution in [3.8, 4) is 0 Å². The second-order valence-electron chi connectivity index (χ2n) is 18.4. The normalized spacial score (nSPS) is 54.2. The summed E-state index contributed by atoms with van der Waals surface area (Å²) in [5, 5.41) is 32.7. The number of ether oxygens (including phenoxy) is 7. The topological polar surface area (TPSA) is 145 Å². The van der Waals surface area contributed by atoms with Gasteiger partial charge in [0.05, 0.1) is 66.6 Å². The van der Waals surface area contributed by atoms with Crippen LogP contribution >= 0.6 is 0 Å². The summed E-state index contributed by atoms with van der Waals surface area (Å²) in [6.45, 7) is 18.3. The van der Waals surface area contributed by atoms with Gasteiger partial charge in [-0.05, 0) is 76.5 Å². The van der Waals surface area contributed by atoms with E-state index in [0.717, 1.165) is 51.4 Å². The lowest BCUT2D eigenvalue weighted by molar-refractivity contribution is -0.353. The van der Waals surface area contributed by atoms with Crippen molar-refractivity contribution in [3.05, 3.63) is 0 Å². The largest absolute Gasteiger partial charge is 0.550 e. The number of hydrogen-bond acceptors (Lipinski definition) is 11. The summed E-state index contributed by atoms with van der Waals surface area (Å²) in [5.74, 6) is -3.70. The number of carboxylic acid groups (broad SMARTS) is 1. The van der Waals surface area contributed by atoms with Crippen LogP contribution in [-0.2, 0) is 38.0 Å². The van der Waals surface area contributed by atoms with Crippen LogP contribution in [-0.4, -0.2) is 102 Å². The summed E-state index contributed by atoms with van der Waals surface area (Å²) >= 11 is 0. The lowest BCUT2D eigenvalue weighted by atomic mass is 9.78. The van der Waals surface area contributed by atoms with Gasteiger partial charge in [0.1, 0.15) is 0 Å². The molecule has 0 bridgehead atoms. The molecule has 11 nitrogen and oxygen atoms in total. The first kappa shape index (κ1) is 39.8. The van der Waals surface area contributed by atoms with Crippen molar-refractivity contribution in [2.45, 2.75) is 192 Å². The first-order valence-corrected chi connectivity index (χ1v) is 20.0. The molecule has 0 aromatic rings. The van der Waals surface area contributed by atoms with Gasteiger partial charge in [0, 0.05) is 49.6 Å². The van der Waals surface area contributed by atoms with Crippen molar-refractivity contribution in [2.24, 2.45) is 41.4 Å². The SMILES string of the molecule is CO[C@@H]1C[C@@H](C[C@H]2CC[C@H](C)C(C(C)C(=O)[O-])O2)O[C@]2(OC(C)(C3CCC(C)(C4O[C@@H]([C@H]5O[C@@](O)(CO)[C@H](C)C[C@@H]5C)C[C@@H]4C)O3)CC2C)[C@@H]1C. The van der Waals surface area contributed by atoms with Gasteiger partial charge >= 0.3 is 0 Å². The Kier molecular flexibility index (Phi) is 11.4. The molecular weight excluding hydrogens is 656 g/mol. The highest BCUT2D eigenvalue weighted by atomic mass is 16.7. The van der Waals surface area contributed by atoms with E-state index in [4.69, 9.17) is 33.2 Å². The highest BCUT2D eigenvalue weighted by Crippen LogP contribution is 2.57. The third-order valence-electron chi connectivity index (χ3n) is 14.4. The predicted octanol–water partition coefficient (Wildman–Crippen LogP) is 4.37. The highest BCUT2D eigenvalue weighted by Gasteiger charge is 2.65. The lowest BCUT2D eigenvalue weighted by Crippen LogP contribution is -2.58. The lowest BCUT2D eigenvalue weighted by Gasteiger charge is -2.50. The van der Waals surface area contributed by atoms with E-state index in [0.29, 0.717) is 6.42 Å². The molecule has 6 rings (SSSR count). The van der Waals surface area contributed by atoms with Crippen molar-refractivity contribution >= 4 is 5.97 Å². The average molecular weight is 724 g/mol. The van der Waals surface area contributed by atoms with Crippen LogP contribution in [0.4, 0.5) is 0 Å². The minimum absolute atomic E-state index is 0.0155. The fraction of sp³-hybridized carbons (Fsp3) is 0.975. The molecule has 19 atom stereocenters. The Bertz CT molecular complexity index is 1230. The van der Waals surface area contributed by atoms with E-state index in [-0.39, 0.29) is 84.3 Å². The summed E-state index contributed by atoms with van der Waals surface area (Å²) in [4.78, 5) is 11.7. The molecule has 51 heavy (non-hydrogen) atoms. The van der Waals surface area contributed by atoms with E-state index in [1.807, 2.05) is 6.92 Å². The molecule has 6 fully saturated rings. The number of carbonyl (C=O) groups excluding carboxylic acids is 1. The third-order valence-corrected chi connectivity index (χ3v) is 14.4. The maximum Gasteiger partial charge on any atom is 0.192 e. The fourth-order valence-electron chi connectivity index (χ4n) is 11.3. The zero-order valence-corrected chi connectivity index (χ0v) is 32.8. The average Bonchev–Trinajstić information content (AvgIpc) is 3.75. The zero-order chi connectivity index (χ0) is 37.3. The van der Waals surface area contributed by atoms with Crippen LogP contribution < -0.4 is 5.11 Å². The molecule has 0 amide bonds. The number of rotatable bonds is 9. The van der Waals surface area contributed by atoms with E-state index in [9.17, 15) is 20.1 Å². The van der Waals surface area contributed by atoms with Gasteiger partial charge in [-0.3, -0.25) is 0 Å². The van der Waals surface area contributed by atoms with E-state index in [1.54, 1.807) is 14.0 Å². The van der Waals surface area contributed by atoms with Gasteiger partial charge in [-0.25, -0.2) is 0 Å². The van der Waals surface area contributed by atoms with Gasteiger partial charge in [-0.15, -0.1) is 0 Å². The number of aliphatic carboxylic acids is 1. The third kappa shape index (κ3) is 7.19. The number of carboxylic acids is 1. The standard InChI is InChI=1S/C40H68O11/c1-21-11-12-28(46-33(21)26(6)36(42)43)17-29-18-30(45-10)27(7)40(48-29)25(5)19-38(9,51-40)32-13-14-37(8,49-32)35-23(3)16-31(47-35)34-22(2)15-24(4)39(44,20-41)50-34/h21-35,41,44H,11-20H2,1-10H3,(H,42,43)/p-1/t21-,22-,23-,24+,25?,26?,27+,28+,29+,30+,31+,32?,33?,34-,35?,37?,38?,39-,40+/m0/s1. The van der Waals surface area contributed by atoms with Gasteiger partial charge in [0.2, 0.25) is 0 Å². The Morgan fingerprint density at radius 1 is 0.882 bits per heavy atom. The summed E-state index contributed by atoms with van der Waals surface area (Å²) in [6, 6.07) is 0. The molecule has 6 aliphatic heterocycles. The van der Waals surface area contributed by atoms with Gasteiger partial charge in [0.15, 0.2) is 11.6 Å². The molecule has 11 heteroatoms. The van der Waals surface area contributed by atoms with Crippen molar-refractivity contribution in [2.75, 3.05) is 13.7 Å². The van der Waals surface area contributed by atoms with Gasteiger partial charge < -0.3 is 53.3 Å². The molecule has 0 aliphatic carbocycles. The van der Waals surface area contributed by atoms with Gasteiger partial charge in [-0.1, -0.05) is 48.5 Å². The number of carbonyl (C=O) groups is 1. The van der Waals surface area contributed by atoms with Crippen LogP contribution in [0.1, 0.15) is 120 Å². The second kappa shape index (κ2) is 14.6. The first-order chi connectivity index (χ1) is 23.9. The molecule has 1 spiro atoms. The molecule has 7 unspecified atom stereocenters. The van der Waals surface area contributed by atoms with Crippen LogP contribution in [0, 0.1) is 41.4 Å². The van der Waals surface area contributed by atoms with Gasteiger partial charge in [0.25, 0.3) is 0 Å². The maximum absolute atomic E-state index is 11.7. The number of aliphatic hydroxyl groups is 2. The molecule has 6 aliphatic rings. The molecule has 294 valence electrons. The van der Waals surface area contributed by atoms with Crippen LogP contribution in [0.25, 0.3) is 0 Å². The Hall–Kier alpha value is -0.890. The fourth-order valence-corrected chi connectivity index (χ4v) is 11.3. The molecule has 2 N–H and O–H groups in total. The smallest absolute Gasteiger partial charge is 0.192 e. The van der Waals surface area contributed by atoms with Crippen molar-refractivity contribution < 1.29 is 53.3 Å². The second-order valence-corrected chi connectivity index (χ2v) is 18.4. The Morgan fingerprint density at radius 3 is 2.27 bits per heavy atom. The van der Waals surface area contributed by atoms with Gasteiger partial charge in [-0.2, -0.15) is 0 Å². The highest BCUT2D eigenvalue weighted by molar-refractivity contribution is 5.67. The quantitative estimate of drug-likeness (QED) is 0.350. The Labute approximate surface area is 305 Å². The molecule has 0 radical (unpaired) electrons. The first-order valence-electron chi connectivity index (χ1n) is 20.0. The maximum atomic E-state index is 11.7. The van der Waals surface area contributed by atoms with Crippen molar-refractivity contribution in [1.82, 2.24) is 0 Å². The molecule has 6 heterocycles. The predicted molar refractivity (Wildman–Crippen MR) is 186 cm³/mol. The molecule has 0 saturated carbocycles. The van der Waals surface area contributed by atoms with Crippen LogP contribution in [0.3, 0.4) is 0 Å². The van der Waals surface area contributed by atoms with E-state index in [2.05, 4.69) is 48.5 Å². The monoisotopic (exact) mass is 723 g/mol. The Morgan fingerprint density at radius 2 is 1.61 bits per heavy atom. The Balaban J connectivity index is 1.13. The van der Waals surface area contributed by atoms with Crippen LogP contribution in [0.15, 0.2) is 0 Å². The minimum atomic E-state index is -1.55. The summed E-state index contributed by atoms with van der Waals surface area (Å²) in [5.41, 5.74) is -1.11. The molecular formula is C40H67O11-. The van der Waals surface area contributed by atoms with Crippen LogP contribution in [0.5, 0.6) is 0 Å². The summed E-state index contributed by atoms with van der Waals surface area (Å²) in [7, 11) is 1.76. The summed E-state index contributed by atoms with van der Waals surface area (Å²) in [6.07, 6.45) is 5.62. The molecule has 0 aromatic heterocycles. The number of methoxy groups -OCH3 is 1. The summed E-state index contributed by atoms with van der Waals surface area (Å²) < 4.78 is 46.9. The van der Waals surface area contributed by atoms with E-state index in [1.165, 1.54) is 0 Å². The van der Waals surface area contributed by atoms with Crippen molar-refractivity contribution in [3.63, 3.8) is 0 Å². The minimum Gasteiger partial charge on any atom is -0.550 e. The van der Waals surface area contributed by atoms with E-state index >= 15 is 0 Å². The number of aliphatic hydroxyl groups excluding tert-OH is 1.